The Kier molecular flexibility index (Phi) is 3.51. The van der Waals surface area contributed by atoms with E-state index in [2.05, 4.69) is 10.3 Å². The van der Waals surface area contributed by atoms with E-state index in [1.807, 2.05) is 61.2 Å². The Balaban J connectivity index is 1.84. The number of aryl methyl sites for hydroxylation is 2. The van der Waals surface area contributed by atoms with Gasteiger partial charge in [0.15, 0.2) is 0 Å². The summed E-state index contributed by atoms with van der Waals surface area (Å²) in [6.07, 6.45) is 0. The van der Waals surface area contributed by atoms with Gasteiger partial charge in [-0.3, -0.25) is 4.79 Å². The summed E-state index contributed by atoms with van der Waals surface area (Å²) in [6, 6.07) is 9.67. The zero-order chi connectivity index (χ0) is 15.0. The van der Waals surface area contributed by atoms with Crippen molar-refractivity contribution in [3.05, 3.63) is 52.0 Å². The Morgan fingerprint density at radius 1 is 1.38 bits per heavy atom. The fourth-order valence-corrected chi connectivity index (χ4v) is 3.08. The van der Waals surface area contributed by atoms with Gasteiger partial charge in [-0.15, -0.1) is 11.3 Å². The fraction of sp³-hybridized carbons (Fsp3) is 0.250. The fourth-order valence-electron chi connectivity index (χ4n) is 2.35. The number of hydrogen-bond donors (Lipinski definition) is 1. The molecule has 0 saturated heterocycles. The molecule has 21 heavy (non-hydrogen) atoms. The molecule has 5 heteroatoms. The lowest BCUT2D eigenvalue weighted by molar-refractivity contribution is 0.0940. The Morgan fingerprint density at radius 3 is 2.90 bits per heavy atom. The lowest BCUT2D eigenvalue weighted by Crippen LogP contribution is -2.26. The van der Waals surface area contributed by atoms with Crippen LogP contribution in [0.5, 0.6) is 0 Å². The monoisotopic (exact) mass is 299 g/mol. The highest BCUT2D eigenvalue weighted by Crippen LogP contribution is 2.20. The zero-order valence-electron chi connectivity index (χ0n) is 12.3. The van der Waals surface area contributed by atoms with Crippen molar-refractivity contribution in [1.29, 1.82) is 0 Å². The lowest BCUT2D eigenvalue weighted by Gasteiger charge is -2.12. The van der Waals surface area contributed by atoms with Gasteiger partial charge in [0, 0.05) is 17.5 Å². The van der Waals surface area contributed by atoms with E-state index in [1.54, 1.807) is 11.3 Å². The first-order valence-corrected chi connectivity index (χ1v) is 7.71. The molecule has 1 atom stereocenters. The maximum atomic E-state index is 12.3. The summed E-state index contributed by atoms with van der Waals surface area (Å²) in [4.78, 5) is 18.0. The summed E-state index contributed by atoms with van der Waals surface area (Å²) in [5.74, 6) is 0.871. The minimum atomic E-state index is -0.0684. The number of carbonyl (C=O) groups excluding carboxylic acids is 1. The zero-order valence-corrected chi connectivity index (χ0v) is 13.1. The van der Waals surface area contributed by atoms with E-state index in [4.69, 9.17) is 0 Å². The van der Waals surface area contributed by atoms with Gasteiger partial charge in [-0.2, -0.15) is 0 Å². The topological polar surface area (TPSA) is 46.9 Å². The SMILES string of the molecule is Cc1nc2cc(C(=O)NC(C)c3cccs3)ccc2n1C. The maximum absolute atomic E-state index is 12.3. The van der Waals surface area contributed by atoms with Gasteiger partial charge in [-0.25, -0.2) is 4.98 Å². The Bertz CT molecular complexity index is 789. The largest absolute Gasteiger partial charge is 0.345 e. The van der Waals surface area contributed by atoms with Crippen molar-refractivity contribution in [2.45, 2.75) is 19.9 Å². The van der Waals surface area contributed by atoms with Gasteiger partial charge in [0.25, 0.3) is 5.91 Å². The van der Waals surface area contributed by atoms with E-state index in [0.29, 0.717) is 5.56 Å². The number of imidazole rings is 1. The van der Waals surface area contributed by atoms with E-state index < -0.39 is 0 Å². The molecule has 0 saturated carbocycles. The second kappa shape index (κ2) is 5.33. The van der Waals surface area contributed by atoms with Crippen LogP contribution in [0.3, 0.4) is 0 Å². The molecular formula is C16H17N3OS. The number of hydrogen-bond acceptors (Lipinski definition) is 3. The van der Waals surface area contributed by atoms with E-state index in [0.717, 1.165) is 21.7 Å². The van der Waals surface area contributed by atoms with Crippen LogP contribution in [0.4, 0.5) is 0 Å². The third-order valence-corrected chi connectivity index (χ3v) is 4.74. The molecule has 0 fully saturated rings. The first-order valence-electron chi connectivity index (χ1n) is 6.83. The second-order valence-corrected chi connectivity index (χ2v) is 6.11. The number of rotatable bonds is 3. The summed E-state index contributed by atoms with van der Waals surface area (Å²) in [5.41, 5.74) is 2.53. The predicted octanol–water partition coefficient (Wildman–Crippen LogP) is 3.43. The number of fused-ring (bicyclic) bond motifs is 1. The summed E-state index contributed by atoms with van der Waals surface area (Å²) in [7, 11) is 1.98. The van der Waals surface area contributed by atoms with Crippen molar-refractivity contribution in [1.82, 2.24) is 14.9 Å². The predicted molar refractivity (Wildman–Crippen MR) is 85.7 cm³/mol. The van der Waals surface area contributed by atoms with Crippen LogP contribution >= 0.6 is 11.3 Å². The van der Waals surface area contributed by atoms with Crippen molar-refractivity contribution in [2.24, 2.45) is 7.05 Å². The normalized spacial score (nSPS) is 12.5. The van der Waals surface area contributed by atoms with Gasteiger partial charge in [0.1, 0.15) is 5.82 Å². The van der Waals surface area contributed by atoms with Crippen molar-refractivity contribution < 1.29 is 4.79 Å². The van der Waals surface area contributed by atoms with Gasteiger partial charge in [-0.05, 0) is 43.5 Å². The van der Waals surface area contributed by atoms with Crippen LogP contribution < -0.4 is 5.32 Å². The van der Waals surface area contributed by atoms with Crippen LogP contribution in [0.15, 0.2) is 35.7 Å². The standard InChI is InChI=1S/C16H17N3OS/c1-10(15-5-4-8-21-15)17-16(20)12-6-7-14-13(9-12)18-11(2)19(14)3/h4-10H,1-3H3,(H,17,20). The van der Waals surface area contributed by atoms with Crippen LogP contribution in [0.2, 0.25) is 0 Å². The lowest BCUT2D eigenvalue weighted by atomic mass is 10.1. The van der Waals surface area contributed by atoms with E-state index >= 15 is 0 Å². The van der Waals surface area contributed by atoms with Gasteiger partial charge in [-0.1, -0.05) is 6.07 Å². The quantitative estimate of drug-likeness (QED) is 0.805. The Labute approximate surface area is 127 Å². The maximum Gasteiger partial charge on any atom is 0.251 e. The van der Waals surface area contributed by atoms with Crippen molar-refractivity contribution in [3.8, 4) is 0 Å². The molecule has 1 amide bonds. The van der Waals surface area contributed by atoms with Gasteiger partial charge < -0.3 is 9.88 Å². The second-order valence-electron chi connectivity index (χ2n) is 5.13. The summed E-state index contributed by atoms with van der Waals surface area (Å²) in [5, 5.41) is 5.04. The number of carbonyl (C=O) groups is 1. The number of amides is 1. The molecule has 1 N–H and O–H groups in total. The molecule has 0 spiro atoms. The summed E-state index contributed by atoms with van der Waals surface area (Å²) < 4.78 is 2.02. The number of benzene rings is 1. The Hall–Kier alpha value is -2.14. The molecular weight excluding hydrogens is 282 g/mol. The average Bonchev–Trinajstić information content (AvgIpc) is 3.08. The molecule has 1 unspecified atom stereocenters. The van der Waals surface area contributed by atoms with E-state index in [1.165, 1.54) is 0 Å². The minimum absolute atomic E-state index is 0.0127. The smallest absolute Gasteiger partial charge is 0.251 e. The molecule has 0 bridgehead atoms. The molecule has 1 aromatic carbocycles. The highest BCUT2D eigenvalue weighted by Gasteiger charge is 2.13. The van der Waals surface area contributed by atoms with Gasteiger partial charge in [0.2, 0.25) is 0 Å². The first kappa shape index (κ1) is 13.8. The molecule has 0 aliphatic carbocycles. The molecule has 0 radical (unpaired) electrons. The molecule has 0 aliphatic heterocycles. The summed E-state index contributed by atoms with van der Waals surface area (Å²) >= 11 is 1.65. The number of aromatic nitrogens is 2. The van der Waals surface area contributed by atoms with Crippen molar-refractivity contribution in [3.63, 3.8) is 0 Å². The number of thiophene rings is 1. The molecule has 3 rings (SSSR count). The van der Waals surface area contributed by atoms with Crippen LogP contribution in [0, 0.1) is 6.92 Å². The number of nitrogens with zero attached hydrogens (tertiary/aromatic N) is 2. The van der Waals surface area contributed by atoms with E-state index in [9.17, 15) is 4.79 Å². The third-order valence-electron chi connectivity index (χ3n) is 3.68. The molecule has 108 valence electrons. The highest BCUT2D eigenvalue weighted by molar-refractivity contribution is 7.10. The molecule has 0 aliphatic rings. The first-order chi connectivity index (χ1) is 10.1. The molecule has 2 heterocycles. The van der Waals surface area contributed by atoms with E-state index in [-0.39, 0.29) is 11.9 Å². The molecule has 2 aromatic heterocycles. The van der Waals surface area contributed by atoms with Crippen LogP contribution in [-0.2, 0) is 7.05 Å². The number of nitrogens with one attached hydrogen (secondary N) is 1. The van der Waals surface area contributed by atoms with Gasteiger partial charge >= 0.3 is 0 Å². The van der Waals surface area contributed by atoms with Crippen molar-refractivity contribution in [2.75, 3.05) is 0 Å². The van der Waals surface area contributed by atoms with Gasteiger partial charge in [0.05, 0.1) is 17.1 Å². The Morgan fingerprint density at radius 2 is 2.19 bits per heavy atom. The van der Waals surface area contributed by atoms with Crippen LogP contribution in [-0.4, -0.2) is 15.5 Å². The highest BCUT2D eigenvalue weighted by atomic mass is 32.1. The van der Waals surface area contributed by atoms with Crippen LogP contribution in [0.25, 0.3) is 11.0 Å². The van der Waals surface area contributed by atoms with Crippen molar-refractivity contribution >= 4 is 28.3 Å². The minimum Gasteiger partial charge on any atom is -0.345 e. The summed E-state index contributed by atoms with van der Waals surface area (Å²) in [6.45, 7) is 3.95. The molecule has 4 nitrogen and oxygen atoms in total. The van der Waals surface area contributed by atoms with Crippen LogP contribution in [0.1, 0.15) is 34.0 Å². The average molecular weight is 299 g/mol. The third kappa shape index (κ3) is 2.56. The molecule has 3 aromatic rings.